The first-order valence-corrected chi connectivity index (χ1v) is 11.7. The van der Waals surface area contributed by atoms with E-state index in [9.17, 15) is 4.79 Å². The van der Waals surface area contributed by atoms with Gasteiger partial charge in [-0.2, -0.15) is 0 Å². The third-order valence-electron chi connectivity index (χ3n) is 8.82. The minimum absolute atomic E-state index is 0.174. The van der Waals surface area contributed by atoms with Crippen molar-refractivity contribution in [2.75, 3.05) is 13.1 Å². The van der Waals surface area contributed by atoms with Crippen LogP contribution in [0.25, 0.3) is 0 Å². The molecule has 6 aliphatic rings. The summed E-state index contributed by atoms with van der Waals surface area (Å²) in [5.41, 5.74) is 2.89. The minimum Gasteiger partial charge on any atom is -0.335 e. The Morgan fingerprint density at radius 1 is 1.00 bits per heavy atom. The lowest BCUT2D eigenvalue weighted by Gasteiger charge is -2.54. The van der Waals surface area contributed by atoms with Crippen LogP contribution in [0.5, 0.6) is 0 Å². The van der Waals surface area contributed by atoms with Crippen LogP contribution in [0, 0.1) is 23.7 Å². The third kappa shape index (κ3) is 2.59. The molecule has 4 heteroatoms. The highest BCUT2D eigenvalue weighted by atomic mass is 32.1. The van der Waals surface area contributed by atoms with E-state index >= 15 is 0 Å². The number of hydrogen-bond donors (Lipinski definition) is 1. The van der Waals surface area contributed by atoms with E-state index < -0.39 is 0 Å². The molecule has 1 heterocycles. The summed E-state index contributed by atoms with van der Waals surface area (Å²) in [7, 11) is 0. The normalized spacial score (nSPS) is 37.4. The summed E-state index contributed by atoms with van der Waals surface area (Å²) in [4.78, 5) is 16.3. The number of carbonyl (C=O) groups excluding carboxylic acids is 1. The van der Waals surface area contributed by atoms with E-state index in [2.05, 4.69) is 34.5 Å². The second-order valence-corrected chi connectivity index (χ2v) is 10.8. The first kappa shape index (κ1) is 17.4. The van der Waals surface area contributed by atoms with E-state index in [0.29, 0.717) is 6.04 Å². The lowest BCUT2D eigenvalue weighted by atomic mass is 9.54. The van der Waals surface area contributed by atoms with Gasteiger partial charge in [-0.05, 0) is 86.2 Å². The van der Waals surface area contributed by atoms with Gasteiger partial charge in [0.05, 0.1) is 0 Å². The molecule has 5 fully saturated rings. The van der Waals surface area contributed by atoms with Gasteiger partial charge >= 0.3 is 6.03 Å². The molecule has 0 aromatic heterocycles. The highest BCUT2D eigenvalue weighted by Gasteiger charge is 2.49. The number of rotatable bonds is 1. The summed E-state index contributed by atoms with van der Waals surface area (Å²) < 4.78 is 0. The first-order chi connectivity index (χ1) is 13.6. The summed E-state index contributed by atoms with van der Waals surface area (Å²) in [6.07, 6.45) is 9.96. The minimum atomic E-state index is 0.174. The number of nitrogens with zero attached hydrogens (tertiary/aromatic N) is 1. The maximum Gasteiger partial charge on any atom is 0.317 e. The van der Waals surface area contributed by atoms with Gasteiger partial charge in [-0.1, -0.05) is 36.5 Å². The summed E-state index contributed by atoms with van der Waals surface area (Å²) in [6.45, 7) is 1.71. The van der Waals surface area contributed by atoms with Gasteiger partial charge in [-0.15, -0.1) is 0 Å². The van der Waals surface area contributed by atoms with Crippen LogP contribution in [-0.2, 0) is 5.41 Å². The lowest BCUT2D eigenvalue weighted by molar-refractivity contribution is -0.0115. The SMILES string of the molecule is O=C(NC1C2CC3CC(C2)CC1C3)N1CCC2(CC1)CC(=S)c1ccccc12. The quantitative estimate of drug-likeness (QED) is 0.702. The molecule has 1 aromatic rings. The maximum absolute atomic E-state index is 13.1. The molecule has 0 radical (unpaired) electrons. The van der Waals surface area contributed by atoms with Gasteiger partial charge in [0.1, 0.15) is 0 Å². The van der Waals surface area contributed by atoms with Crippen LogP contribution in [0.2, 0.25) is 0 Å². The monoisotopic (exact) mass is 394 g/mol. The summed E-state index contributed by atoms with van der Waals surface area (Å²) in [6, 6.07) is 9.31. The fourth-order valence-electron chi connectivity index (χ4n) is 7.67. The smallest absolute Gasteiger partial charge is 0.317 e. The Balaban J connectivity index is 1.13. The molecule has 1 spiro atoms. The molecule has 0 atom stereocenters. The van der Waals surface area contributed by atoms with Crippen molar-refractivity contribution < 1.29 is 4.79 Å². The molecular formula is C24H30N2OS. The first-order valence-electron chi connectivity index (χ1n) is 11.3. The number of nitrogens with one attached hydrogen (secondary N) is 1. The topological polar surface area (TPSA) is 32.3 Å². The Bertz CT molecular complexity index is 798. The van der Waals surface area contributed by atoms with Crippen LogP contribution < -0.4 is 5.32 Å². The van der Waals surface area contributed by atoms with E-state index in [-0.39, 0.29) is 11.4 Å². The summed E-state index contributed by atoms with van der Waals surface area (Å²) in [5, 5.41) is 3.50. The Labute approximate surface area is 173 Å². The largest absolute Gasteiger partial charge is 0.335 e. The molecule has 5 aliphatic carbocycles. The van der Waals surface area contributed by atoms with Crippen molar-refractivity contribution >= 4 is 23.1 Å². The molecule has 1 aromatic carbocycles. The maximum atomic E-state index is 13.1. The zero-order valence-corrected chi connectivity index (χ0v) is 17.3. The van der Waals surface area contributed by atoms with Gasteiger partial charge in [-0.25, -0.2) is 4.79 Å². The number of fused-ring (bicyclic) bond motifs is 2. The van der Waals surface area contributed by atoms with Crippen LogP contribution in [0.15, 0.2) is 24.3 Å². The van der Waals surface area contributed by atoms with E-state index in [1.54, 1.807) is 0 Å². The summed E-state index contributed by atoms with van der Waals surface area (Å²) >= 11 is 5.68. The molecule has 1 N–H and O–H groups in total. The third-order valence-corrected chi connectivity index (χ3v) is 9.19. The molecule has 0 unspecified atom stereocenters. The molecule has 1 aliphatic heterocycles. The standard InChI is InChI=1S/C24H30N2OS/c27-23(25-22-17-10-15-9-16(12-17)13-18(22)11-15)26-7-5-24(6-8-26)14-21(28)19-3-1-2-4-20(19)24/h1-4,15-18,22H,5-14H2,(H,25,27). The fourth-order valence-corrected chi connectivity index (χ4v) is 8.12. The molecule has 4 saturated carbocycles. The molecule has 4 bridgehead atoms. The number of likely N-dealkylation sites (tertiary alicyclic amines) is 1. The Morgan fingerprint density at radius 2 is 1.64 bits per heavy atom. The number of piperidine rings is 1. The highest BCUT2D eigenvalue weighted by Crippen LogP contribution is 2.54. The zero-order valence-electron chi connectivity index (χ0n) is 16.5. The Morgan fingerprint density at radius 3 is 2.32 bits per heavy atom. The molecule has 28 heavy (non-hydrogen) atoms. The zero-order chi connectivity index (χ0) is 18.9. The number of thiocarbonyl (C=S) groups is 1. The van der Waals surface area contributed by atoms with Crippen molar-refractivity contribution in [3.63, 3.8) is 0 Å². The van der Waals surface area contributed by atoms with Crippen LogP contribution >= 0.6 is 12.2 Å². The lowest BCUT2D eigenvalue weighted by Crippen LogP contribution is -2.59. The van der Waals surface area contributed by atoms with Gasteiger partial charge in [-0.3, -0.25) is 0 Å². The van der Waals surface area contributed by atoms with Crippen LogP contribution in [0.3, 0.4) is 0 Å². The van der Waals surface area contributed by atoms with Crippen LogP contribution in [0.4, 0.5) is 4.79 Å². The molecule has 1 saturated heterocycles. The van der Waals surface area contributed by atoms with Crippen molar-refractivity contribution in [3.8, 4) is 0 Å². The number of benzene rings is 1. The predicted octanol–water partition coefficient (Wildman–Crippen LogP) is 4.68. The van der Waals surface area contributed by atoms with Gasteiger partial charge < -0.3 is 10.2 Å². The molecule has 148 valence electrons. The van der Waals surface area contributed by atoms with Crippen LogP contribution in [-0.4, -0.2) is 34.9 Å². The van der Waals surface area contributed by atoms with Gasteiger partial charge in [0.2, 0.25) is 0 Å². The molecule has 2 amide bonds. The molecule has 3 nitrogen and oxygen atoms in total. The van der Waals surface area contributed by atoms with E-state index in [0.717, 1.165) is 60.9 Å². The van der Waals surface area contributed by atoms with Crippen molar-refractivity contribution in [1.29, 1.82) is 0 Å². The van der Waals surface area contributed by atoms with Gasteiger partial charge in [0.25, 0.3) is 0 Å². The Kier molecular flexibility index (Phi) is 3.92. The van der Waals surface area contributed by atoms with Crippen molar-refractivity contribution in [1.82, 2.24) is 10.2 Å². The van der Waals surface area contributed by atoms with Gasteiger partial charge in [0, 0.05) is 29.4 Å². The number of urea groups is 1. The highest BCUT2D eigenvalue weighted by molar-refractivity contribution is 7.80. The number of amides is 2. The van der Waals surface area contributed by atoms with E-state index in [1.807, 2.05) is 0 Å². The Hall–Kier alpha value is -1.42. The van der Waals surface area contributed by atoms with Gasteiger partial charge in [0.15, 0.2) is 0 Å². The average molecular weight is 395 g/mol. The second-order valence-electron chi connectivity index (χ2n) is 10.3. The predicted molar refractivity (Wildman–Crippen MR) is 115 cm³/mol. The molecule has 7 rings (SSSR count). The second kappa shape index (κ2) is 6.29. The fraction of sp³-hybridized carbons (Fsp3) is 0.667. The van der Waals surface area contributed by atoms with Crippen molar-refractivity contribution in [2.45, 2.75) is 62.8 Å². The van der Waals surface area contributed by atoms with E-state index in [4.69, 9.17) is 12.2 Å². The molecular weight excluding hydrogens is 364 g/mol. The van der Waals surface area contributed by atoms with Crippen molar-refractivity contribution in [2.24, 2.45) is 23.7 Å². The van der Waals surface area contributed by atoms with Crippen molar-refractivity contribution in [3.05, 3.63) is 35.4 Å². The number of carbonyl (C=O) groups is 1. The average Bonchev–Trinajstić information content (AvgIpc) is 2.96. The number of hydrogen-bond acceptors (Lipinski definition) is 2. The van der Waals surface area contributed by atoms with E-state index in [1.165, 1.54) is 43.2 Å². The van der Waals surface area contributed by atoms with Crippen LogP contribution in [0.1, 0.15) is 62.5 Å². The summed E-state index contributed by atoms with van der Waals surface area (Å²) in [5.74, 6) is 3.40.